The van der Waals surface area contributed by atoms with Gasteiger partial charge in [-0.05, 0) is 20.8 Å². The highest BCUT2D eigenvalue weighted by Gasteiger charge is 2.80. The first-order valence-corrected chi connectivity index (χ1v) is 8.16. The van der Waals surface area contributed by atoms with Crippen molar-refractivity contribution < 1.29 is 23.8 Å². The summed E-state index contributed by atoms with van der Waals surface area (Å²) in [4.78, 5) is 26.4. The molecular weight excluding hydrogens is 336 g/mol. The van der Waals surface area contributed by atoms with Gasteiger partial charge in [0.25, 0.3) is 0 Å². The molecular formula is C19H16N2O5. The number of esters is 1. The molecule has 132 valence electrons. The molecule has 2 N–H and O–H groups in total. The Hall–Kier alpha value is -3.27. The minimum absolute atomic E-state index is 0.0376. The van der Waals surface area contributed by atoms with Crippen LogP contribution in [0.5, 0.6) is 0 Å². The summed E-state index contributed by atoms with van der Waals surface area (Å²) in [7, 11) is 0. The number of carbonyl (C=O) groups excluding carboxylic acids is 2. The highest BCUT2D eigenvalue weighted by atomic mass is 16.7. The Morgan fingerprint density at radius 2 is 2.00 bits per heavy atom. The summed E-state index contributed by atoms with van der Waals surface area (Å²) >= 11 is 0. The summed E-state index contributed by atoms with van der Waals surface area (Å²) in [6, 6.07) is 8.66. The molecule has 0 saturated carbocycles. The van der Waals surface area contributed by atoms with Crippen LogP contribution in [0.25, 0.3) is 0 Å². The van der Waals surface area contributed by atoms with Crippen LogP contribution < -0.4 is 5.73 Å². The number of Topliss-reactive ketones (excluding diaryl/α,β-unsaturated/α-hetero) is 1. The molecule has 2 heterocycles. The van der Waals surface area contributed by atoms with Crippen LogP contribution in [0, 0.1) is 16.7 Å². The van der Waals surface area contributed by atoms with Gasteiger partial charge < -0.3 is 19.9 Å². The van der Waals surface area contributed by atoms with E-state index in [0.717, 1.165) is 0 Å². The Balaban J connectivity index is 2.05. The van der Waals surface area contributed by atoms with Crippen LogP contribution in [-0.4, -0.2) is 17.9 Å². The van der Waals surface area contributed by atoms with Gasteiger partial charge in [-0.3, -0.25) is 4.79 Å². The molecule has 0 bridgehead atoms. The highest BCUT2D eigenvalue weighted by Crippen LogP contribution is 2.69. The SMILES string of the molecule is CC1=C(C(=O)OC(C)C)[C@@]23C(=O)c4ccccc4[C@]2(O1)OC(N)=C3C#N. The van der Waals surface area contributed by atoms with Crippen LogP contribution in [-0.2, 0) is 24.8 Å². The summed E-state index contributed by atoms with van der Waals surface area (Å²) in [6.07, 6.45) is -0.415. The van der Waals surface area contributed by atoms with Crippen LogP contribution in [0.1, 0.15) is 36.7 Å². The maximum absolute atomic E-state index is 13.5. The van der Waals surface area contributed by atoms with E-state index in [9.17, 15) is 14.9 Å². The van der Waals surface area contributed by atoms with Crippen LogP contribution >= 0.6 is 0 Å². The van der Waals surface area contributed by atoms with E-state index in [0.29, 0.717) is 11.1 Å². The molecule has 2 atom stereocenters. The quantitative estimate of drug-likeness (QED) is 0.810. The second kappa shape index (κ2) is 4.88. The molecule has 7 heteroatoms. The summed E-state index contributed by atoms with van der Waals surface area (Å²) in [6.45, 7) is 4.94. The first-order valence-electron chi connectivity index (χ1n) is 8.16. The maximum Gasteiger partial charge on any atom is 0.339 e. The molecule has 7 nitrogen and oxygen atoms in total. The van der Waals surface area contributed by atoms with E-state index in [-0.39, 0.29) is 22.8 Å². The fourth-order valence-electron chi connectivity index (χ4n) is 4.12. The first-order chi connectivity index (χ1) is 12.3. The highest BCUT2D eigenvalue weighted by molar-refractivity contribution is 6.16. The number of benzene rings is 1. The van der Waals surface area contributed by atoms with Crippen molar-refractivity contribution in [2.45, 2.75) is 32.7 Å². The second-order valence-corrected chi connectivity index (χ2v) is 6.68. The average molecular weight is 352 g/mol. The van der Waals surface area contributed by atoms with E-state index in [1.807, 2.05) is 6.07 Å². The van der Waals surface area contributed by atoms with Gasteiger partial charge in [0.15, 0.2) is 11.2 Å². The second-order valence-electron chi connectivity index (χ2n) is 6.68. The first kappa shape index (κ1) is 16.2. The minimum atomic E-state index is -1.79. The topological polar surface area (TPSA) is 112 Å². The van der Waals surface area contributed by atoms with E-state index in [4.69, 9.17) is 19.9 Å². The van der Waals surface area contributed by atoms with Crippen molar-refractivity contribution >= 4 is 11.8 Å². The van der Waals surface area contributed by atoms with Gasteiger partial charge in [-0.2, -0.15) is 5.26 Å². The molecule has 0 aromatic heterocycles. The predicted molar refractivity (Wildman–Crippen MR) is 87.8 cm³/mol. The number of hydrogen-bond acceptors (Lipinski definition) is 7. The molecule has 1 aromatic carbocycles. The normalized spacial score (nSPS) is 28.3. The average Bonchev–Trinajstić information content (AvgIpc) is 3.04. The Bertz CT molecular complexity index is 984. The molecule has 0 saturated heterocycles. The lowest BCUT2D eigenvalue weighted by atomic mass is 9.69. The summed E-state index contributed by atoms with van der Waals surface area (Å²) < 4.78 is 17.1. The number of nitrogens with zero attached hydrogens (tertiary/aromatic N) is 1. The third-order valence-electron chi connectivity index (χ3n) is 4.92. The van der Waals surface area contributed by atoms with Gasteiger partial charge in [0.1, 0.15) is 23.0 Å². The smallest absolute Gasteiger partial charge is 0.339 e. The fourth-order valence-corrected chi connectivity index (χ4v) is 4.12. The van der Waals surface area contributed by atoms with Crippen molar-refractivity contribution in [1.82, 2.24) is 0 Å². The van der Waals surface area contributed by atoms with Gasteiger partial charge >= 0.3 is 11.8 Å². The Morgan fingerprint density at radius 3 is 2.65 bits per heavy atom. The lowest BCUT2D eigenvalue weighted by Crippen LogP contribution is -2.45. The molecule has 2 aliphatic heterocycles. The Kier molecular flexibility index (Phi) is 3.04. The van der Waals surface area contributed by atoms with Crippen LogP contribution in [0.4, 0.5) is 0 Å². The third-order valence-corrected chi connectivity index (χ3v) is 4.92. The van der Waals surface area contributed by atoms with Gasteiger partial charge in [-0.25, -0.2) is 4.79 Å². The molecule has 0 fully saturated rings. The zero-order valence-electron chi connectivity index (χ0n) is 14.5. The zero-order chi connectivity index (χ0) is 18.9. The van der Waals surface area contributed by atoms with Gasteiger partial charge in [-0.15, -0.1) is 0 Å². The van der Waals surface area contributed by atoms with E-state index < -0.39 is 29.1 Å². The van der Waals surface area contributed by atoms with Crippen LogP contribution in [0.15, 0.2) is 47.1 Å². The molecule has 26 heavy (non-hydrogen) atoms. The number of carbonyl (C=O) groups is 2. The monoisotopic (exact) mass is 352 g/mol. The minimum Gasteiger partial charge on any atom is -0.459 e. The summed E-state index contributed by atoms with van der Waals surface area (Å²) in [5.74, 6) is -2.92. The molecule has 4 rings (SSSR count). The maximum atomic E-state index is 13.5. The van der Waals surface area contributed by atoms with E-state index >= 15 is 0 Å². The fraction of sp³-hybridized carbons (Fsp3) is 0.316. The number of fused-ring (bicyclic) bond motifs is 1. The van der Waals surface area contributed by atoms with Gasteiger partial charge in [0.2, 0.25) is 5.88 Å². The lowest BCUT2D eigenvalue weighted by molar-refractivity contribution is -0.199. The molecule has 0 unspecified atom stereocenters. The van der Waals surface area contributed by atoms with Crippen LogP contribution in [0.3, 0.4) is 0 Å². The third kappa shape index (κ3) is 1.53. The molecule has 3 aliphatic rings. The van der Waals surface area contributed by atoms with Crippen molar-refractivity contribution in [3.63, 3.8) is 0 Å². The molecule has 1 aromatic rings. The number of nitrogens with two attached hydrogens (primary N) is 1. The van der Waals surface area contributed by atoms with Crippen LogP contribution in [0.2, 0.25) is 0 Å². The van der Waals surface area contributed by atoms with Crippen molar-refractivity contribution in [1.29, 1.82) is 5.26 Å². The molecule has 0 radical (unpaired) electrons. The number of nitriles is 1. The number of ether oxygens (including phenoxy) is 3. The lowest BCUT2D eigenvalue weighted by Gasteiger charge is -2.31. The largest absolute Gasteiger partial charge is 0.459 e. The van der Waals surface area contributed by atoms with Gasteiger partial charge in [-0.1, -0.05) is 24.3 Å². The van der Waals surface area contributed by atoms with Crippen molar-refractivity contribution in [2.24, 2.45) is 11.1 Å². The predicted octanol–water partition coefficient (Wildman–Crippen LogP) is 2.00. The van der Waals surface area contributed by atoms with E-state index in [1.165, 1.54) is 0 Å². The summed E-state index contributed by atoms with van der Waals surface area (Å²) in [5, 5.41) is 9.74. The standard InChI is InChI=1S/C19H16N2O5/c1-9(2)24-17(23)14-10(3)25-19-12-7-5-4-6-11(12)15(22)18(14,19)13(8-20)16(21)26-19/h4-7,9H,21H2,1-3H3/t18-,19-/m0/s1. The summed E-state index contributed by atoms with van der Waals surface area (Å²) in [5.41, 5.74) is 4.72. The number of hydrogen-bond donors (Lipinski definition) is 1. The van der Waals surface area contributed by atoms with E-state index in [2.05, 4.69) is 0 Å². The van der Waals surface area contributed by atoms with Gasteiger partial charge in [0, 0.05) is 11.1 Å². The van der Waals surface area contributed by atoms with Crippen molar-refractivity contribution in [2.75, 3.05) is 0 Å². The zero-order valence-corrected chi connectivity index (χ0v) is 14.5. The molecule has 0 amide bonds. The van der Waals surface area contributed by atoms with Gasteiger partial charge in [0.05, 0.1) is 6.10 Å². The Labute approximate surface area is 149 Å². The molecule has 0 spiro atoms. The Morgan fingerprint density at radius 1 is 1.31 bits per heavy atom. The molecule has 1 aliphatic carbocycles. The van der Waals surface area contributed by atoms with E-state index in [1.54, 1.807) is 45.0 Å². The number of ketones is 1. The van der Waals surface area contributed by atoms with Crippen molar-refractivity contribution in [3.05, 3.63) is 58.2 Å². The number of rotatable bonds is 2. The number of allylic oxidation sites excluding steroid dienone is 1. The van der Waals surface area contributed by atoms with Crippen molar-refractivity contribution in [3.8, 4) is 6.07 Å².